The van der Waals surface area contributed by atoms with Gasteiger partial charge in [0.25, 0.3) is 5.91 Å². The Kier molecular flexibility index (Phi) is 7.16. The van der Waals surface area contributed by atoms with Crippen LogP contribution in [0.3, 0.4) is 0 Å². The van der Waals surface area contributed by atoms with Crippen molar-refractivity contribution >= 4 is 18.1 Å². The number of hydrazone groups is 1. The van der Waals surface area contributed by atoms with Gasteiger partial charge in [0.2, 0.25) is 0 Å². The third-order valence-electron chi connectivity index (χ3n) is 3.93. The summed E-state index contributed by atoms with van der Waals surface area (Å²) in [5.41, 5.74) is 3.53. The highest BCUT2D eigenvalue weighted by Crippen LogP contribution is 2.16. The first kappa shape index (κ1) is 20.6. The highest BCUT2D eigenvalue weighted by atomic mass is 16.5. The van der Waals surface area contributed by atoms with Crippen LogP contribution < -0.4 is 19.6 Å². The van der Waals surface area contributed by atoms with Crippen LogP contribution in [0.5, 0.6) is 17.2 Å². The van der Waals surface area contributed by atoms with Gasteiger partial charge in [-0.25, -0.2) is 10.2 Å². The predicted octanol–water partition coefficient (Wildman–Crippen LogP) is 3.44. The molecule has 0 bridgehead atoms. The molecule has 0 saturated carbocycles. The number of hydrogen-bond acceptors (Lipinski definition) is 6. The molecule has 0 saturated heterocycles. The fraction of sp³-hybridized carbons (Fsp3) is 0.0870. The Bertz CT molecular complexity index is 1000. The minimum Gasteiger partial charge on any atom is -0.497 e. The molecule has 30 heavy (non-hydrogen) atoms. The van der Waals surface area contributed by atoms with Gasteiger partial charge >= 0.3 is 5.97 Å². The molecule has 3 rings (SSSR count). The number of para-hydroxylation sites is 1. The van der Waals surface area contributed by atoms with Crippen molar-refractivity contribution in [3.63, 3.8) is 0 Å². The zero-order valence-electron chi connectivity index (χ0n) is 16.3. The molecule has 3 aromatic carbocycles. The van der Waals surface area contributed by atoms with E-state index >= 15 is 0 Å². The predicted molar refractivity (Wildman–Crippen MR) is 112 cm³/mol. The molecule has 0 atom stereocenters. The second-order valence-corrected chi connectivity index (χ2v) is 6.08. The van der Waals surface area contributed by atoms with Gasteiger partial charge in [-0.2, -0.15) is 5.10 Å². The Balaban J connectivity index is 1.46. The van der Waals surface area contributed by atoms with Crippen LogP contribution in [0.1, 0.15) is 15.9 Å². The van der Waals surface area contributed by atoms with Crippen LogP contribution >= 0.6 is 0 Å². The van der Waals surface area contributed by atoms with Crippen molar-refractivity contribution in [2.75, 3.05) is 13.7 Å². The molecule has 0 aromatic heterocycles. The van der Waals surface area contributed by atoms with Crippen LogP contribution in [0, 0.1) is 0 Å². The molecule has 0 fully saturated rings. The molecule has 0 aliphatic heterocycles. The van der Waals surface area contributed by atoms with Gasteiger partial charge in [0.05, 0.1) is 18.9 Å². The smallest absolute Gasteiger partial charge is 0.343 e. The van der Waals surface area contributed by atoms with Gasteiger partial charge in [-0.1, -0.05) is 18.2 Å². The van der Waals surface area contributed by atoms with E-state index in [1.54, 1.807) is 67.8 Å². The van der Waals surface area contributed by atoms with Crippen molar-refractivity contribution in [1.82, 2.24) is 5.43 Å². The molecule has 7 nitrogen and oxygen atoms in total. The summed E-state index contributed by atoms with van der Waals surface area (Å²) in [5.74, 6) is 0.823. The van der Waals surface area contributed by atoms with Gasteiger partial charge in [-0.05, 0) is 66.2 Å². The lowest BCUT2D eigenvalue weighted by Gasteiger charge is -2.06. The van der Waals surface area contributed by atoms with Crippen LogP contribution in [0.2, 0.25) is 0 Å². The minimum atomic E-state index is -0.468. The summed E-state index contributed by atoms with van der Waals surface area (Å²) in [7, 11) is 1.56. The summed E-state index contributed by atoms with van der Waals surface area (Å²) in [6, 6.07) is 22.4. The summed E-state index contributed by atoms with van der Waals surface area (Å²) < 4.78 is 15.7. The van der Waals surface area contributed by atoms with E-state index in [-0.39, 0.29) is 12.5 Å². The molecule has 0 heterocycles. The largest absolute Gasteiger partial charge is 0.497 e. The van der Waals surface area contributed by atoms with Gasteiger partial charge in [-0.3, -0.25) is 4.79 Å². The lowest BCUT2D eigenvalue weighted by Crippen LogP contribution is -2.24. The number of rotatable bonds is 8. The molecule has 152 valence electrons. The van der Waals surface area contributed by atoms with E-state index in [0.717, 1.165) is 5.56 Å². The Morgan fingerprint density at radius 2 is 1.53 bits per heavy atom. The van der Waals surface area contributed by atoms with Crippen LogP contribution in [0.15, 0.2) is 84.0 Å². The zero-order valence-corrected chi connectivity index (χ0v) is 16.3. The highest BCUT2D eigenvalue weighted by molar-refractivity contribution is 5.91. The molecule has 0 radical (unpaired) electrons. The van der Waals surface area contributed by atoms with Crippen molar-refractivity contribution < 1.29 is 23.8 Å². The fourth-order valence-electron chi connectivity index (χ4n) is 2.39. The minimum absolute atomic E-state index is 0.137. The SMILES string of the molecule is COc1ccc(C(=O)Oc2ccc(C=NNC(=O)COc3ccccc3)cc2)cc1. The van der Waals surface area contributed by atoms with Crippen LogP contribution in [0.25, 0.3) is 0 Å². The third kappa shape index (κ3) is 6.20. The van der Waals surface area contributed by atoms with Gasteiger partial charge in [-0.15, -0.1) is 0 Å². The number of benzene rings is 3. The monoisotopic (exact) mass is 404 g/mol. The molecule has 1 N–H and O–H groups in total. The van der Waals surface area contributed by atoms with Crippen LogP contribution in [0.4, 0.5) is 0 Å². The molecule has 0 aliphatic carbocycles. The molecule has 0 spiro atoms. The van der Waals surface area contributed by atoms with Crippen LogP contribution in [-0.4, -0.2) is 31.8 Å². The average molecular weight is 404 g/mol. The van der Waals surface area contributed by atoms with Crippen molar-refractivity contribution in [3.05, 3.63) is 90.0 Å². The Labute approximate surface area is 173 Å². The standard InChI is InChI=1S/C23H20N2O5/c1-28-19-13-9-18(10-14-19)23(27)30-21-11-7-17(8-12-21)15-24-25-22(26)16-29-20-5-3-2-4-6-20/h2-15H,16H2,1H3,(H,25,26). The molecular weight excluding hydrogens is 384 g/mol. The number of methoxy groups -OCH3 is 1. The Morgan fingerprint density at radius 3 is 2.20 bits per heavy atom. The third-order valence-corrected chi connectivity index (χ3v) is 3.93. The summed E-state index contributed by atoms with van der Waals surface area (Å²) in [5, 5.41) is 3.88. The van der Waals surface area contributed by atoms with E-state index in [1.165, 1.54) is 6.21 Å². The summed E-state index contributed by atoms with van der Waals surface area (Å²) in [6.45, 7) is -0.137. The number of ether oxygens (including phenoxy) is 3. The molecule has 1 amide bonds. The van der Waals surface area contributed by atoms with Crippen LogP contribution in [-0.2, 0) is 4.79 Å². The maximum Gasteiger partial charge on any atom is 0.343 e. The molecule has 0 unspecified atom stereocenters. The lowest BCUT2D eigenvalue weighted by molar-refractivity contribution is -0.123. The number of nitrogens with zero attached hydrogens (tertiary/aromatic N) is 1. The van der Waals surface area contributed by atoms with E-state index in [9.17, 15) is 9.59 Å². The first-order valence-corrected chi connectivity index (χ1v) is 9.10. The van der Waals surface area contributed by atoms with E-state index in [2.05, 4.69) is 10.5 Å². The number of esters is 1. The fourth-order valence-corrected chi connectivity index (χ4v) is 2.39. The van der Waals surface area contributed by atoms with Gasteiger partial charge in [0, 0.05) is 0 Å². The van der Waals surface area contributed by atoms with Crippen molar-refractivity contribution in [2.24, 2.45) is 5.10 Å². The second kappa shape index (κ2) is 10.4. The maximum absolute atomic E-state index is 12.2. The quantitative estimate of drug-likeness (QED) is 0.269. The van der Waals surface area contributed by atoms with E-state index in [4.69, 9.17) is 14.2 Å². The zero-order chi connectivity index (χ0) is 21.2. The van der Waals surface area contributed by atoms with Crippen molar-refractivity contribution in [2.45, 2.75) is 0 Å². The number of nitrogens with one attached hydrogen (secondary N) is 1. The van der Waals surface area contributed by atoms with Gasteiger partial charge in [0.15, 0.2) is 6.61 Å². The lowest BCUT2D eigenvalue weighted by atomic mass is 10.2. The molecular formula is C23H20N2O5. The molecule has 7 heteroatoms. The average Bonchev–Trinajstić information content (AvgIpc) is 2.79. The van der Waals surface area contributed by atoms with E-state index in [0.29, 0.717) is 22.8 Å². The van der Waals surface area contributed by atoms with E-state index < -0.39 is 5.97 Å². The summed E-state index contributed by atoms with van der Waals surface area (Å²) in [6.07, 6.45) is 1.48. The van der Waals surface area contributed by atoms with Crippen molar-refractivity contribution in [1.29, 1.82) is 0 Å². The molecule has 3 aromatic rings. The second-order valence-electron chi connectivity index (χ2n) is 6.08. The first-order chi connectivity index (χ1) is 14.6. The number of carbonyl (C=O) groups excluding carboxylic acids is 2. The highest BCUT2D eigenvalue weighted by Gasteiger charge is 2.08. The number of hydrogen-bond donors (Lipinski definition) is 1. The first-order valence-electron chi connectivity index (χ1n) is 9.10. The Hall–Kier alpha value is -4.13. The molecule has 0 aliphatic rings. The van der Waals surface area contributed by atoms with Gasteiger partial charge < -0.3 is 14.2 Å². The maximum atomic E-state index is 12.2. The van der Waals surface area contributed by atoms with Crippen molar-refractivity contribution in [3.8, 4) is 17.2 Å². The summed E-state index contributed by atoms with van der Waals surface area (Å²) >= 11 is 0. The topological polar surface area (TPSA) is 86.2 Å². The normalized spacial score (nSPS) is 10.4. The van der Waals surface area contributed by atoms with Gasteiger partial charge in [0.1, 0.15) is 17.2 Å². The number of amides is 1. The Morgan fingerprint density at radius 1 is 0.867 bits per heavy atom. The number of carbonyl (C=O) groups is 2. The van der Waals surface area contributed by atoms with E-state index in [1.807, 2.05) is 18.2 Å². The summed E-state index contributed by atoms with van der Waals surface area (Å²) in [4.78, 5) is 23.9.